The van der Waals surface area contributed by atoms with Gasteiger partial charge in [0.05, 0.1) is 0 Å². The van der Waals surface area contributed by atoms with Crippen LogP contribution in [0.5, 0.6) is 5.75 Å². The molecule has 0 aliphatic carbocycles. The lowest BCUT2D eigenvalue weighted by molar-refractivity contribution is 0.291. The SMILES string of the molecule is CC(C)(C)NCCOc1cccc(CN)c1. The fraction of sp³-hybridized carbons (Fsp3) is 0.538. The van der Waals surface area contributed by atoms with Crippen LogP contribution < -0.4 is 15.8 Å². The van der Waals surface area contributed by atoms with E-state index < -0.39 is 0 Å². The van der Waals surface area contributed by atoms with E-state index in [0.717, 1.165) is 17.9 Å². The van der Waals surface area contributed by atoms with Gasteiger partial charge >= 0.3 is 0 Å². The van der Waals surface area contributed by atoms with Gasteiger partial charge < -0.3 is 15.8 Å². The fourth-order valence-electron chi connectivity index (χ4n) is 1.36. The predicted molar refractivity (Wildman–Crippen MR) is 67.6 cm³/mol. The minimum absolute atomic E-state index is 0.141. The number of ether oxygens (including phenoxy) is 1. The molecule has 0 saturated heterocycles. The lowest BCUT2D eigenvalue weighted by Gasteiger charge is -2.20. The first kappa shape index (κ1) is 13.0. The van der Waals surface area contributed by atoms with Gasteiger partial charge in [0.1, 0.15) is 12.4 Å². The second-order valence-electron chi connectivity index (χ2n) is 4.88. The first-order valence-electron chi connectivity index (χ1n) is 5.68. The Morgan fingerprint density at radius 3 is 2.69 bits per heavy atom. The molecule has 0 aliphatic rings. The molecule has 1 rings (SSSR count). The van der Waals surface area contributed by atoms with Crippen molar-refractivity contribution in [2.75, 3.05) is 13.2 Å². The highest BCUT2D eigenvalue weighted by molar-refractivity contribution is 5.28. The molecule has 3 heteroatoms. The van der Waals surface area contributed by atoms with E-state index in [2.05, 4.69) is 26.1 Å². The van der Waals surface area contributed by atoms with Gasteiger partial charge in [0.25, 0.3) is 0 Å². The third-order valence-electron chi connectivity index (χ3n) is 2.16. The zero-order valence-electron chi connectivity index (χ0n) is 10.4. The van der Waals surface area contributed by atoms with Gasteiger partial charge in [-0.05, 0) is 38.5 Å². The Bertz CT molecular complexity index is 318. The van der Waals surface area contributed by atoms with Crippen molar-refractivity contribution in [3.63, 3.8) is 0 Å². The van der Waals surface area contributed by atoms with E-state index in [1.807, 2.05) is 24.3 Å². The van der Waals surface area contributed by atoms with Crippen LogP contribution in [0.2, 0.25) is 0 Å². The summed E-state index contributed by atoms with van der Waals surface area (Å²) < 4.78 is 5.63. The lowest BCUT2D eigenvalue weighted by Crippen LogP contribution is -2.38. The van der Waals surface area contributed by atoms with Crippen molar-refractivity contribution >= 4 is 0 Å². The average molecular weight is 222 g/mol. The normalized spacial score (nSPS) is 11.5. The second kappa shape index (κ2) is 5.87. The summed E-state index contributed by atoms with van der Waals surface area (Å²) >= 11 is 0. The topological polar surface area (TPSA) is 47.3 Å². The highest BCUT2D eigenvalue weighted by Crippen LogP contribution is 2.12. The number of hydrogen-bond acceptors (Lipinski definition) is 3. The van der Waals surface area contributed by atoms with Crippen molar-refractivity contribution < 1.29 is 4.74 Å². The van der Waals surface area contributed by atoms with Crippen LogP contribution in [0, 0.1) is 0 Å². The Labute approximate surface area is 98.0 Å². The van der Waals surface area contributed by atoms with Gasteiger partial charge in [-0.2, -0.15) is 0 Å². The van der Waals surface area contributed by atoms with Gasteiger partial charge in [0.2, 0.25) is 0 Å². The van der Waals surface area contributed by atoms with Gasteiger partial charge in [0, 0.05) is 18.6 Å². The highest BCUT2D eigenvalue weighted by atomic mass is 16.5. The quantitative estimate of drug-likeness (QED) is 0.748. The molecule has 0 atom stereocenters. The Morgan fingerprint density at radius 2 is 2.06 bits per heavy atom. The third kappa shape index (κ3) is 5.14. The van der Waals surface area contributed by atoms with Crippen molar-refractivity contribution in [2.24, 2.45) is 5.73 Å². The molecule has 0 unspecified atom stereocenters. The Kier molecular flexibility index (Phi) is 4.77. The van der Waals surface area contributed by atoms with Gasteiger partial charge in [0.15, 0.2) is 0 Å². The molecule has 0 aliphatic heterocycles. The molecule has 16 heavy (non-hydrogen) atoms. The van der Waals surface area contributed by atoms with E-state index in [0.29, 0.717) is 13.2 Å². The van der Waals surface area contributed by atoms with Gasteiger partial charge in [-0.1, -0.05) is 12.1 Å². The van der Waals surface area contributed by atoms with E-state index in [1.54, 1.807) is 0 Å². The molecule has 90 valence electrons. The molecule has 0 spiro atoms. The van der Waals surface area contributed by atoms with Crippen LogP contribution in [0.25, 0.3) is 0 Å². The first-order chi connectivity index (χ1) is 7.51. The molecule has 0 radical (unpaired) electrons. The van der Waals surface area contributed by atoms with Crippen LogP contribution >= 0.6 is 0 Å². The Morgan fingerprint density at radius 1 is 1.31 bits per heavy atom. The molecular weight excluding hydrogens is 200 g/mol. The minimum atomic E-state index is 0.141. The number of nitrogens with one attached hydrogen (secondary N) is 1. The van der Waals surface area contributed by atoms with Crippen molar-refractivity contribution in [2.45, 2.75) is 32.9 Å². The largest absolute Gasteiger partial charge is 0.492 e. The molecule has 0 fully saturated rings. The molecule has 0 aromatic heterocycles. The zero-order chi connectivity index (χ0) is 12.0. The molecule has 0 saturated carbocycles. The van der Waals surface area contributed by atoms with E-state index in [1.165, 1.54) is 0 Å². The monoisotopic (exact) mass is 222 g/mol. The summed E-state index contributed by atoms with van der Waals surface area (Å²) in [6.45, 7) is 8.49. The van der Waals surface area contributed by atoms with Crippen molar-refractivity contribution in [1.82, 2.24) is 5.32 Å². The van der Waals surface area contributed by atoms with E-state index in [4.69, 9.17) is 10.5 Å². The summed E-state index contributed by atoms with van der Waals surface area (Å²) in [4.78, 5) is 0. The second-order valence-corrected chi connectivity index (χ2v) is 4.88. The van der Waals surface area contributed by atoms with Crippen LogP contribution in [-0.4, -0.2) is 18.7 Å². The average Bonchev–Trinajstić information content (AvgIpc) is 2.23. The molecule has 0 heterocycles. The maximum Gasteiger partial charge on any atom is 0.119 e. The molecule has 0 amide bonds. The molecule has 0 bridgehead atoms. The van der Waals surface area contributed by atoms with Crippen molar-refractivity contribution in [3.8, 4) is 5.75 Å². The zero-order valence-corrected chi connectivity index (χ0v) is 10.4. The highest BCUT2D eigenvalue weighted by Gasteiger charge is 2.07. The number of rotatable bonds is 5. The van der Waals surface area contributed by atoms with Crippen molar-refractivity contribution in [1.29, 1.82) is 0 Å². The Balaban J connectivity index is 2.32. The van der Waals surface area contributed by atoms with Crippen molar-refractivity contribution in [3.05, 3.63) is 29.8 Å². The van der Waals surface area contributed by atoms with E-state index in [9.17, 15) is 0 Å². The van der Waals surface area contributed by atoms with E-state index >= 15 is 0 Å². The summed E-state index contributed by atoms with van der Waals surface area (Å²) in [5.41, 5.74) is 6.80. The minimum Gasteiger partial charge on any atom is -0.492 e. The summed E-state index contributed by atoms with van der Waals surface area (Å²) in [5.74, 6) is 0.888. The molecule has 3 nitrogen and oxygen atoms in total. The summed E-state index contributed by atoms with van der Waals surface area (Å²) in [6.07, 6.45) is 0. The number of hydrogen-bond donors (Lipinski definition) is 2. The van der Waals surface area contributed by atoms with Crippen LogP contribution in [0.4, 0.5) is 0 Å². The molecule has 1 aromatic carbocycles. The maximum atomic E-state index is 5.63. The summed E-state index contributed by atoms with van der Waals surface area (Å²) in [7, 11) is 0. The van der Waals surface area contributed by atoms with Gasteiger partial charge in [-0.25, -0.2) is 0 Å². The predicted octanol–water partition coefficient (Wildman–Crippen LogP) is 1.91. The maximum absolute atomic E-state index is 5.63. The number of benzene rings is 1. The van der Waals surface area contributed by atoms with Crippen LogP contribution in [-0.2, 0) is 6.54 Å². The lowest BCUT2D eigenvalue weighted by atomic mass is 10.1. The summed E-state index contributed by atoms with van der Waals surface area (Å²) in [5, 5.41) is 3.37. The molecular formula is C13H22N2O. The number of nitrogens with two attached hydrogens (primary N) is 1. The fourth-order valence-corrected chi connectivity index (χ4v) is 1.36. The van der Waals surface area contributed by atoms with Gasteiger partial charge in [-0.15, -0.1) is 0 Å². The smallest absolute Gasteiger partial charge is 0.119 e. The third-order valence-corrected chi connectivity index (χ3v) is 2.16. The Hall–Kier alpha value is -1.06. The van der Waals surface area contributed by atoms with Gasteiger partial charge in [-0.3, -0.25) is 0 Å². The molecule has 1 aromatic rings. The first-order valence-corrected chi connectivity index (χ1v) is 5.68. The van der Waals surface area contributed by atoms with E-state index in [-0.39, 0.29) is 5.54 Å². The van der Waals surface area contributed by atoms with Crippen LogP contribution in [0.15, 0.2) is 24.3 Å². The van der Waals surface area contributed by atoms with Crippen LogP contribution in [0.3, 0.4) is 0 Å². The molecule has 3 N–H and O–H groups in total. The van der Waals surface area contributed by atoms with Crippen LogP contribution in [0.1, 0.15) is 26.3 Å². The summed E-state index contributed by atoms with van der Waals surface area (Å²) in [6, 6.07) is 7.91. The standard InChI is InChI=1S/C13H22N2O/c1-13(2,3)15-7-8-16-12-6-4-5-11(9-12)10-14/h4-6,9,15H,7-8,10,14H2,1-3H3.